The normalized spacial score (nSPS) is 16.2. The maximum atomic E-state index is 12.2. The van der Waals surface area contributed by atoms with Gasteiger partial charge in [-0.1, -0.05) is 23.8 Å². The first-order valence-corrected chi connectivity index (χ1v) is 6.91. The van der Waals surface area contributed by atoms with Crippen molar-refractivity contribution in [2.45, 2.75) is 33.1 Å². The van der Waals surface area contributed by atoms with Crippen molar-refractivity contribution >= 4 is 5.91 Å². The molecule has 1 aromatic carbocycles. The quantitative estimate of drug-likeness (QED) is 0.881. The second kappa shape index (κ2) is 5.33. The van der Waals surface area contributed by atoms with Gasteiger partial charge in [0.1, 0.15) is 0 Å². The van der Waals surface area contributed by atoms with Gasteiger partial charge in [-0.05, 0) is 44.2 Å². The smallest absolute Gasteiger partial charge is 0.230 e. The van der Waals surface area contributed by atoms with Crippen LogP contribution in [0.25, 0.3) is 0 Å². The van der Waals surface area contributed by atoms with Gasteiger partial charge in [-0.3, -0.25) is 4.79 Å². The van der Waals surface area contributed by atoms with Gasteiger partial charge in [0.05, 0.1) is 12.0 Å². The van der Waals surface area contributed by atoms with E-state index in [-0.39, 0.29) is 12.5 Å². The third-order valence-electron chi connectivity index (χ3n) is 4.17. The summed E-state index contributed by atoms with van der Waals surface area (Å²) in [7, 11) is 1.83. The largest absolute Gasteiger partial charge is 0.395 e. The second-order valence-electron chi connectivity index (χ2n) is 5.85. The summed E-state index contributed by atoms with van der Waals surface area (Å²) < 4.78 is 0. The van der Waals surface area contributed by atoms with E-state index in [2.05, 4.69) is 32.0 Å². The van der Waals surface area contributed by atoms with Crippen molar-refractivity contribution in [3.63, 3.8) is 0 Å². The molecule has 1 amide bonds. The number of carbonyl (C=O) groups is 1. The molecule has 0 aromatic heterocycles. The number of rotatable bonds is 5. The topological polar surface area (TPSA) is 40.5 Å². The SMILES string of the molecule is Cc1ccc(CCN(C)C(=O)C2(CO)CC2)c(C)c1. The van der Waals surface area contributed by atoms with E-state index >= 15 is 0 Å². The van der Waals surface area contributed by atoms with E-state index in [1.54, 1.807) is 4.90 Å². The molecule has 0 atom stereocenters. The minimum absolute atomic E-state index is 0.0142. The van der Waals surface area contributed by atoms with E-state index in [4.69, 9.17) is 0 Å². The van der Waals surface area contributed by atoms with Gasteiger partial charge in [0.15, 0.2) is 0 Å². The molecule has 0 spiro atoms. The molecule has 104 valence electrons. The van der Waals surface area contributed by atoms with Crippen molar-refractivity contribution in [3.05, 3.63) is 34.9 Å². The van der Waals surface area contributed by atoms with Crippen LogP contribution in [-0.4, -0.2) is 36.1 Å². The summed E-state index contributed by atoms with van der Waals surface area (Å²) in [5.74, 6) is 0.0970. The van der Waals surface area contributed by atoms with E-state index < -0.39 is 5.41 Å². The molecule has 1 aromatic rings. The number of likely N-dealkylation sites (N-methyl/N-ethyl adjacent to an activating group) is 1. The minimum atomic E-state index is -0.447. The highest BCUT2D eigenvalue weighted by Crippen LogP contribution is 2.46. The molecule has 0 radical (unpaired) electrons. The number of aryl methyl sites for hydroxylation is 2. The van der Waals surface area contributed by atoms with Crippen LogP contribution in [0.3, 0.4) is 0 Å². The number of carbonyl (C=O) groups excluding carboxylic acids is 1. The Morgan fingerprint density at radius 1 is 1.37 bits per heavy atom. The van der Waals surface area contributed by atoms with E-state index in [9.17, 15) is 9.90 Å². The van der Waals surface area contributed by atoms with Crippen molar-refractivity contribution in [2.24, 2.45) is 5.41 Å². The van der Waals surface area contributed by atoms with Crippen LogP contribution < -0.4 is 0 Å². The molecule has 0 bridgehead atoms. The Morgan fingerprint density at radius 3 is 2.58 bits per heavy atom. The molecule has 19 heavy (non-hydrogen) atoms. The first-order chi connectivity index (χ1) is 8.98. The summed E-state index contributed by atoms with van der Waals surface area (Å²) in [6.45, 7) is 4.90. The van der Waals surface area contributed by atoms with Crippen LogP contribution in [0.15, 0.2) is 18.2 Å². The van der Waals surface area contributed by atoms with E-state index in [1.807, 2.05) is 7.05 Å². The number of benzene rings is 1. The lowest BCUT2D eigenvalue weighted by molar-refractivity contribution is -0.137. The third kappa shape index (κ3) is 2.98. The molecule has 3 nitrogen and oxygen atoms in total. The molecular formula is C16H23NO2. The molecule has 1 N–H and O–H groups in total. The maximum absolute atomic E-state index is 12.2. The van der Waals surface area contributed by atoms with Crippen molar-refractivity contribution < 1.29 is 9.90 Å². The average molecular weight is 261 g/mol. The van der Waals surface area contributed by atoms with Crippen molar-refractivity contribution in [1.82, 2.24) is 4.90 Å². The van der Waals surface area contributed by atoms with E-state index in [0.717, 1.165) is 19.3 Å². The molecular weight excluding hydrogens is 238 g/mol. The van der Waals surface area contributed by atoms with Crippen LogP contribution in [0.1, 0.15) is 29.5 Å². The number of hydrogen-bond donors (Lipinski definition) is 1. The van der Waals surface area contributed by atoms with Gasteiger partial charge >= 0.3 is 0 Å². The Morgan fingerprint density at radius 2 is 2.05 bits per heavy atom. The molecule has 0 aliphatic heterocycles. The van der Waals surface area contributed by atoms with Crippen molar-refractivity contribution in [1.29, 1.82) is 0 Å². The molecule has 0 heterocycles. The fraction of sp³-hybridized carbons (Fsp3) is 0.562. The predicted octanol–water partition coefficient (Wildman–Crippen LogP) is 2.08. The summed E-state index contributed by atoms with van der Waals surface area (Å²) in [5.41, 5.74) is 3.39. The molecule has 3 heteroatoms. The summed E-state index contributed by atoms with van der Waals surface area (Å²) in [6, 6.07) is 6.43. The van der Waals surface area contributed by atoms with Crippen LogP contribution in [0.4, 0.5) is 0 Å². The van der Waals surface area contributed by atoms with Crippen LogP contribution >= 0.6 is 0 Å². The van der Waals surface area contributed by atoms with E-state index in [0.29, 0.717) is 6.54 Å². The van der Waals surface area contributed by atoms with Gasteiger partial charge in [0.25, 0.3) is 0 Å². The minimum Gasteiger partial charge on any atom is -0.395 e. The average Bonchev–Trinajstić information content (AvgIpc) is 3.17. The Balaban J connectivity index is 1.93. The standard InChI is InChI=1S/C16H23NO2/c1-12-4-5-14(13(2)10-12)6-9-17(3)15(19)16(11-18)7-8-16/h4-5,10,18H,6-9,11H2,1-3H3. The zero-order chi connectivity index (χ0) is 14.0. The molecule has 0 unspecified atom stereocenters. The van der Waals surface area contributed by atoms with Gasteiger partial charge in [0, 0.05) is 13.6 Å². The third-order valence-corrected chi connectivity index (χ3v) is 4.17. The number of amides is 1. The number of aliphatic hydroxyl groups excluding tert-OH is 1. The molecule has 0 saturated heterocycles. The lowest BCUT2D eigenvalue weighted by atomic mass is 10.0. The highest BCUT2D eigenvalue weighted by Gasteiger charge is 2.50. The zero-order valence-electron chi connectivity index (χ0n) is 12.1. The number of nitrogens with zero attached hydrogens (tertiary/aromatic N) is 1. The molecule has 1 aliphatic carbocycles. The molecule has 2 rings (SSSR count). The Labute approximate surface area is 115 Å². The summed E-state index contributed by atoms with van der Waals surface area (Å²) in [6.07, 6.45) is 2.53. The number of hydrogen-bond acceptors (Lipinski definition) is 2. The molecule has 1 aliphatic rings. The Bertz CT molecular complexity index is 478. The zero-order valence-corrected chi connectivity index (χ0v) is 12.1. The van der Waals surface area contributed by atoms with Crippen LogP contribution in [-0.2, 0) is 11.2 Å². The highest BCUT2D eigenvalue weighted by atomic mass is 16.3. The van der Waals surface area contributed by atoms with Gasteiger partial charge in [-0.15, -0.1) is 0 Å². The second-order valence-corrected chi connectivity index (χ2v) is 5.85. The monoisotopic (exact) mass is 261 g/mol. The first-order valence-electron chi connectivity index (χ1n) is 6.91. The van der Waals surface area contributed by atoms with Crippen LogP contribution in [0.2, 0.25) is 0 Å². The van der Waals surface area contributed by atoms with Crippen molar-refractivity contribution in [2.75, 3.05) is 20.2 Å². The van der Waals surface area contributed by atoms with Gasteiger partial charge in [-0.25, -0.2) is 0 Å². The van der Waals surface area contributed by atoms with Crippen LogP contribution in [0.5, 0.6) is 0 Å². The molecule has 1 saturated carbocycles. The van der Waals surface area contributed by atoms with E-state index in [1.165, 1.54) is 16.7 Å². The fourth-order valence-corrected chi connectivity index (χ4v) is 2.51. The summed E-state index contributed by atoms with van der Waals surface area (Å²) in [5, 5.41) is 9.29. The summed E-state index contributed by atoms with van der Waals surface area (Å²) >= 11 is 0. The van der Waals surface area contributed by atoms with Gasteiger partial charge in [-0.2, -0.15) is 0 Å². The lowest BCUT2D eigenvalue weighted by Gasteiger charge is -2.22. The van der Waals surface area contributed by atoms with Gasteiger partial charge < -0.3 is 10.0 Å². The Hall–Kier alpha value is -1.35. The van der Waals surface area contributed by atoms with Gasteiger partial charge in [0.2, 0.25) is 5.91 Å². The predicted molar refractivity (Wildman–Crippen MR) is 76.0 cm³/mol. The molecule has 1 fully saturated rings. The van der Waals surface area contributed by atoms with Crippen LogP contribution in [0, 0.1) is 19.3 Å². The Kier molecular flexibility index (Phi) is 3.95. The fourth-order valence-electron chi connectivity index (χ4n) is 2.51. The maximum Gasteiger partial charge on any atom is 0.230 e. The lowest BCUT2D eigenvalue weighted by Crippen LogP contribution is -2.37. The van der Waals surface area contributed by atoms with Crippen molar-refractivity contribution in [3.8, 4) is 0 Å². The summed E-state index contributed by atoms with van der Waals surface area (Å²) in [4.78, 5) is 14.0. The number of aliphatic hydroxyl groups is 1. The first kappa shape index (κ1) is 14.1. The highest BCUT2D eigenvalue weighted by molar-refractivity contribution is 5.85.